The highest BCUT2D eigenvalue weighted by molar-refractivity contribution is 5.83. The van der Waals surface area contributed by atoms with Gasteiger partial charge < -0.3 is 53.6 Å². The summed E-state index contributed by atoms with van der Waals surface area (Å²) in [7, 11) is 1.43. The molecule has 0 amide bonds. The number of methoxy groups -OCH3 is 1. The molecule has 5 atom stereocenters. The van der Waals surface area contributed by atoms with Crippen molar-refractivity contribution in [2.75, 3.05) is 20.5 Å². The van der Waals surface area contributed by atoms with Crippen LogP contribution in [0.15, 0.2) is 39.5 Å². The van der Waals surface area contributed by atoms with Crippen LogP contribution in [0.25, 0.3) is 22.3 Å². The second-order valence-corrected chi connectivity index (χ2v) is 7.99. The average molecular weight is 490 g/mol. The van der Waals surface area contributed by atoms with Crippen LogP contribution in [0.2, 0.25) is 0 Å². The standard InChI is InChI=1S/C23H22O12/c1-30-13-4-9(5-14-22(13)32-8-31-14)21-19(28)16(25)11-3-2-10(6-12(11)34-21)33-23-20(29)18(27)17(26)15(7-24)35-23/h2-6,15,17-18,20,23-24,26-29H,7-8H2,1H3/t15-,17-,18+,20-,23-/m1/s1. The van der Waals surface area contributed by atoms with E-state index < -0.39 is 48.5 Å². The van der Waals surface area contributed by atoms with Crippen LogP contribution in [0.4, 0.5) is 0 Å². The van der Waals surface area contributed by atoms with E-state index in [9.17, 15) is 30.3 Å². The molecule has 5 N–H and O–H groups in total. The lowest BCUT2D eigenvalue weighted by atomic mass is 9.99. The zero-order valence-corrected chi connectivity index (χ0v) is 18.3. The topological polar surface area (TPSA) is 178 Å². The number of ether oxygens (including phenoxy) is 5. The van der Waals surface area contributed by atoms with Gasteiger partial charge in [0.2, 0.25) is 30.0 Å². The Kier molecular flexibility index (Phi) is 5.91. The molecule has 186 valence electrons. The van der Waals surface area contributed by atoms with Gasteiger partial charge in [-0.1, -0.05) is 0 Å². The zero-order valence-electron chi connectivity index (χ0n) is 18.3. The Morgan fingerprint density at radius 3 is 2.60 bits per heavy atom. The van der Waals surface area contributed by atoms with E-state index in [0.717, 1.165) is 0 Å². The molecule has 0 unspecified atom stereocenters. The lowest BCUT2D eigenvalue weighted by Crippen LogP contribution is -2.60. The molecule has 0 radical (unpaired) electrons. The van der Waals surface area contributed by atoms with Crippen LogP contribution in [0.3, 0.4) is 0 Å². The first-order valence-corrected chi connectivity index (χ1v) is 10.6. The van der Waals surface area contributed by atoms with Gasteiger partial charge in [0.25, 0.3) is 0 Å². The molecular weight excluding hydrogens is 468 g/mol. The Hall–Kier alpha value is -3.55. The van der Waals surface area contributed by atoms with Crippen molar-refractivity contribution in [2.24, 2.45) is 0 Å². The minimum Gasteiger partial charge on any atom is -0.502 e. The summed E-state index contributed by atoms with van der Waals surface area (Å²) >= 11 is 0. The molecule has 0 spiro atoms. The first-order chi connectivity index (χ1) is 16.8. The number of rotatable bonds is 5. The summed E-state index contributed by atoms with van der Waals surface area (Å²) in [4.78, 5) is 12.8. The van der Waals surface area contributed by atoms with Gasteiger partial charge in [-0.15, -0.1) is 0 Å². The van der Waals surface area contributed by atoms with Crippen LogP contribution in [0.1, 0.15) is 0 Å². The third-order valence-electron chi connectivity index (χ3n) is 5.86. The highest BCUT2D eigenvalue weighted by Crippen LogP contribution is 2.45. The van der Waals surface area contributed by atoms with E-state index in [1.807, 2.05) is 0 Å². The van der Waals surface area contributed by atoms with Crippen LogP contribution in [-0.4, -0.2) is 76.7 Å². The Labute approximate surface area is 197 Å². The quantitative estimate of drug-likeness (QED) is 0.326. The average Bonchev–Trinajstić information content (AvgIpc) is 3.34. The summed E-state index contributed by atoms with van der Waals surface area (Å²) in [6.45, 7) is -0.625. The highest BCUT2D eigenvalue weighted by atomic mass is 16.7. The number of hydrogen-bond acceptors (Lipinski definition) is 12. The molecule has 5 rings (SSSR count). The van der Waals surface area contributed by atoms with Gasteiger partial charge in [-0.3, -0.25) is 4.79 Å². The molecule has 12 heteroatoms. The largest absolute Gasteiger partial charge is 0.502 e. The lowest BCUT2D eigenvalue weighted by molar-refractivity contribution is -0.277. The summed E-state index contributed by atoms with van der Waals surface area (Å²) in [6, 6.07) is 7.12. The van der Waals surface area contributed by atoms with Crippen LogP contribution in [-0.2, 0) is 4.74 Å². The zero-order chi connectivity index (χ0) is 24.9. The molecule has 1 saturated heterocycles. The van der Waals surface area contributed by atoms with E-state index in [4.69, 9.17) is 28.1 Å². The summed E-state index contributed by atoms with van der Waals surface area (Å²) in [5.41, 5.74) is -0.360. The molecule has 35 heavy (non-hydrogen) atoms. The number of hydrogen-bond donors (Lipinski definition) is 5. The number of fused-ring (bicyclic) bond motifs is 2. The molecule has 2 aliphatic rings. The lowest BCUT2D eigenvalue weighted by Gasteiger charge is -2.39. The molecule has 0 aliphatic carbocycles. The van der Waals surface area contributed by atoms with Crippen LogP contribution in [0, 0.1) is 0 Å². The number of benzene rings is 2. The van der Waals surface area contributed by atoms with Gasteiger partial charge in [-0.2, -0.15) is 0 Å². The number of aliphatic hydroxyl groups excluding tert-OH is 4. The Balaban J connectivity index is 1.53. The molecule has 0 saturated carbocycles. The number of aliphatic hydroxyl groups is 4. The first kappa shape index (κ1) is 23.2. The third kappa shape index (κ3) is 3.90. The van der Waals surface area contributed by atoms with Crippen LogP contribution >= 0.6 is 0 Å². The SMILES string of the molecule is COc1cc(-c2oc3cc(O[C@@H]4O[C@H](CO)[C@@H](O)[C@H](O)[C@H]4O)ccc3c(=O)c2O)cc2c1OCO2. The van der Waals surface area contributed by atoms with Gasteiger partial charge in [-0.05, 0) is 24.3 Å². The summed E-state index contributed by atoms with van der Waals surface area (Å²) in [5, 5.41) is 50.1. The first-order valence-electron chi connectivity index (χ1n) is 10.6. The van der Waals surface area contributed by atoms with E-state index in [1.54, 1.807) is 0 Å². The Morgan fingerprint density at radius 2 is 1.86 bits per heavy atom. The monoisotopic (exact) mass is 490 g/mol. The van der Waals surface area contributed by atoms with Gasteiger partial charge in [0.05, 0.1) is 19.1 Å². The molecule has 1 aromatic heterocycles. The summed E-state index contributed by atoms with van der Waals surface area (Å²) in [6.07, 6.45) is -7.35. The predicted octanol–water partition coefficient (Wildman–Crippen LogP) is 0.0816. The van der Waals surface area contributed by atoms with Gasteiger partial charge in [-0.25, -0.2) is 0 Å². The smallest absolute Gasteiger partial charge is 0.235 e. The fourth-order valence-corrected chi connectivity index (χ4v) is 3.99. The maximum atomic E-state index is 12.8. The van der Waals surface area contributed by atoms with E-state index in [1.165, 1.54) is 37.4 Å². The molecule has 12 nitrogen and oxygen atoms in total. The van der Waals surface area contributed by atoms with Crippen molar-refractivity contribution < 1.29 is 53.6 Å². The van der Waals surface area contributed by atoms with Crippen molar-refractivity contribution in [2.45, 2.75) is 30.7 Å². The Morgan fingerprint density at radius 1 is 1.06 bits per heavy atom. The normalized spacial score (nSPS) is 25.6. The van der Waals surface area contributed by atoms with Crippen molar-refractivity contribution in [3.63, 3.8) is 0 Å². The molecule has 2 aliphatic heterocycles. The molecule has 3 heterocycles. The van der Waals surface area contributed by atoms with Gasteiger partial charge in [0, 0.05) is 11.6 Å². The van der Waals surface area contributed by atoms with E-state index in [0.29, 0.717) is 22.8 Å². The van der Waals surface area contributed by atoms with Gasteiger partial charge in [0.1, 0.15) is 35.7 Å². The van der Waals surface area contributed by atoms with Gasteiger partial charge in [0.15, 0.2) is 17.3 Å². The predicted molar refractivity (Wildman–Crippen MR) is 117 cm³/mol. The van der Waals surface area contributed by atoms with Crippen molar-refractivity contribution in [3.05, 3.63) is 40.6 Å². The summed E-state index contributed by atoms with van der Waals surface area (Å²) in [5.74, 6) is 0.363. The van der Waals surface area contributed by atoms with E-state index in [-0.39, 0.29) is 29.3 Å². The number of aromatic hydroxyl groups is 1. The second-order valence-electron chi connectivity index (χ2n) is 7.99. The maximum absolute atomic E-state index is 12.8. The fourth-order valence-electron chi connectivity index (χ4n) is 3.99. The minimum atomic E-state index is -1.62. The van der Waals surface area contributed by atoms with Crippen LogP contribution in [0.5, 0.6) is 28.7 Å². The maximum Gasteiger partial charge on any atom is 0.235 e. The van der Waals surface area contributed by atoms with Crippen LogP contribution < -0.4 is 24.4 Å². The molecule has 3 aromatic rings. The third-order valence-corrected chi connectivity index (χ3v) is 5.86. The van der Waals surface area contributed by atoms with Crippen molar-refractivity contribution >= 4 is 11.0 Å². The van der Waals surface area contributed by atoms with Gasteiger partial charge >= 0.3 is 0 Å². The van der Waals surface area contributed by atoms with Crippen molar-refractivity contribution in [1.29, 1.82) is 0 Å². The fraction of sp³-hybridized carbons (Fsp3) is 0.348. The highest BCUT2D eigenvalue weighted by Gasteiger charge is 2.44. The minimum absolute atomic E-state index is 0.0125. The van der Waals surface area contributed by atoms with Crippen molar-refractivity contribution in [3.8, 4) is 40.1 Å². The Bertz CT molecular complexity index is 1320. The molecule has 2 aromatic carbocycles. The van der Waals surface area contributed by atoms with E-state index >= 15 is 0 Å². The van der Waals surface area contributed by atoms with E-state index in [2.05, 4.69) is 0 Å². The summed E-state index contributed by atoms with van der Waals surface area (Å²) < 4.78 is 32.8. The second kappa shape index (κ2) is 8.91. The van der Waals surface area contributed by atoms with Crippen molar-refractivity contribution in [1.82, 2.24) is 0 Å². The molecule has 1 fully saturated rings. The molecular formula is C23H22O12. The molecule has 0 bridgehead atoms.